The van der Waals surface area contributed by atoms with Crippen molar-refractivity contribution in [2.24, 2.45) is 5.10 Å². The van der Waals surface area contributed by atoms with Gasteiger partial charge in [-0.3, -0.25) is 0 Å². The first-order valence-corrected chi connectivity index (χ1v) is 7.35. The summed E-state index contributed by atoms with van der Waals surface area (Å²) < 4.78 is 2.12. The Labute approximate surface area is 125 Å². The zero-order valence-corrected chi connectivity index (χ0v) is 12.4. The maximum absolute atomic E-state index is 5.23. The molecule has 0 fully saturated rings. The summed E-state index contributed by atoms with van der Waals surface area (Å²) in [6.45, 7) is 2.05. The van der Waals surface area contributed by atoms with Crippen LogP contribution in [0.2, 0.25) is 0 Å². The molecule has 0 saturated carbocycles. The van der Waals surface area contributed by atoms with E-state index in [0.29, 0.717) is 10.6 Å². The minimum Gasteiger partial charge on any atom is -0.250 e. The predicted molar refractivity (Wildman–Crippen MR) is 84.9 cm³/mol. The lowest BCUT2D eigenvalue weighted by Crippen LogP contribution is -1.94. The van der Waals surface area contributed by atoms with Gasteiger partial charge in [0.25, 0.3) is 0 Å². The Morgan fingerprint density at radius 2 is 2.10 bits per heavy atom. The van der Waals surface area contributed by atoms with E-state index in [4.69, 9.17) is 12.2 Å². The van der Waals surface area contributed by atoms with E-state index in [1.54, 1.807) is 22.2 Å². The van der Waals surface area contributed by atoms with Crippen molar-refractivity contribution in [2.45, 2.75) is 6.92 Å². The van der Waals surface area contributed by atoms with E-state index >= 15 is 0 Å². The molecule has 2 aromatic heterocycles. The van der Waals surface area contributed by atoms with Gasteiger partial charge in [0.15, 0.2) is 5.82 Å². The van der Waals surface area contributed by atoms with Crippen LogP contribution in [-0.4, -0.2) is 21.1 Å². The standard InChI is InChI=1S/C14H12N4S2/c1-10-4-6-11(7-5-10)13-16-17-14(19)18(13)15-9-12-3-2-8-20-12/h2-9H,1H3,(H,17,19). The SMILES string of the molecule is Cc1ccc(-c2n[nH]c(=S)n2N=Cc2cccs2)cc1. The molecular weight excluding hydrogens is 288 g/mol. The first-order valence-electron chi connectivity index (χ1n) is 6.06. The largest absolute Gasteiger partial charge is 0.250 e. The molecule has 3 rings (SSSR count). The van der Waals surface area contributed by atoms with Crippen molar-refractivity contribution in [3.63, 3.8) is 0 Å². The number of nitrogens with zero attached hydrogens (tertiary/aromatic N) is 3. The van der Waals surface area contributed by atoms with E-state index in [1.165, 1.54) is 5.56 Å². The molecule has 0 spiro atoms. The Morgan fingerprint density at radius 1 is 1.30 bits per heavy atom. The summed E-state index contributed by atoms with van der Waals surface area (Å²) in [4.78, 5) is 1.07. The number of H-pyrrole nitrogens is 1. The number of nitrogens with one attached hydrogen (secondary N) is 1. The van der Waals surface area contributed by atoms with Gasteiger partial charge in [0.2, 0.25) is 4.77 Å². The van der Waals surface area contributed by atoms with Gasteiger partial charge >= 0.3 is 0 Å². The molecule has 0 aliphatic carbocycles. The third-order valence-electron chi connectivity index (χ3n) is 2.80. The molecule has 6 heteroatoms. The van der Waals surface area contributed by atoms with Crippen LogP contribution in [0.1, 0.15) is 10.4 Å². The lowest BCUT2D eigenvalue weighted by Gasteiger charge is -2.01. The molecule has 0 saturated heterocycles. The Morgan fingerprint density at radius 3 is 2.80 bits per heavy atom. The highest BCUT2D eigenvalue weighted by molar-refractivity contribution is 7.71. The molecule has 4 nitrogen and oxygen atoms in total. The van der Waals surface area contributed by atoms with E-state index in [1.807, 2.05) is 41.8 Å². The molecule has 0 aliphatic rings. The third-order valence-corrected chi connectivity index (χ3v) is 3.87. The number of hydrogen-bond donors (Lipinski definition) is 1. The molecule has 2 heterocycles. The number of aryl methyl sites for hydroxylation is 1. The maximum Gasteiger partial charge on any atom is 0.216 e. The van der Waals surface area contributed by atoms with Gasteiger partial charge in [-0.1, -0.05) is 35.9 Å². The lowest BCUT2D eigenvalue weighted by molar-refractivity contribution is 0.872. The van der Waals surface area contributed by atoms with Crippen molar-refractivity contribution in [3.05, 3.63) is 57.0 Å². The van der Waals surface area contributed by atoms with Crippen LogP contribution in [-0.2, 0) is 0 Å². The quantitative estimate of drug-likeness (QED) is 0.590. The number of benzene rings is 1. The Bertz CT molecular complexity index is 779. The van der Waals surface area contributed by atoms with Crippen LogP contribution in [0.25, 0.3) is 11.4 Å². The van der Waals surface area contributed by atoms with Crippen LogP contribution < -0.4 is 0 Å². The summed E-state index contributed by atoms with van der Waals surface area (Å²) >= 11 is 6.85. The monoisotopic (exact) mass is 300 g/mol. The summed E-state index contributed by atoms with van der Waals surface area (Å²) in [7, 11) is 0. The van der Waals surface area contributed by atoms with Gasteiger partial charge in [-0.2, -0.15) is 14.9 Å². The van der Waals surface area contributed by atoms with E-state index in [0.717, 1.165) is 10.4 Å². The van der Waals surface area contributed by atoms with Crippen molar-refractivity contribution >= 4 is 29.8 Å². The van der Waals surface area contributed by atoms with Crippen LogP contribution in [0.4, 0.5) is 0 Å². The number of thiophene rings is 1. The molecule has 0 bridgehead atoms. The summed E-state index contributed by atoms with van der Waals surface area (Å²) in [5, 5.41) is 13.5. The molecule has 3 aromatic rings. The van der Waals surface area contributed by atoms with E-state index < -0.39 is 0 Å². The Balaban J connectivity index is 2.01. The van der Waals surface area contributed by atoms with Gasteiger partial charge in [-0.25, -0.2) is 5.10 Å². The van der Waals surface area contributed by atoms with Gasteiger partial charge in [-0.05, 0) is 30.6 Å². The molecule has 0 radical (unpaired) electrons. The molecule has 1 N–H and O–H groups in total. The highest BCUT2D eigenvalue weighted by Gasteiger charge is 2.07. The first-order chi connectivity index (χ1) is 9.74. The van der Waals surface area contributed by atoms with Crippen molar-refractivity contribution in [2.75, 3.05) is 0 Å². The molecule has 0 atom stereocenters. The zero-order valence-electron chi connectivity index (χ0n) is 10.8. The zero-order chi connectivity index (χ0) is 13.9. The fraction of sp³-hybridized carbons (Fsp3) is 0.0714. The van der Waals surface area contributed by atoms with E-state index in [9.17, 15) is 0 Å². The molecular formula is C14H12N4S2. The normalized spacial score (nSPS) is 11.2. The third kappa shape index (κ3) is 2.61. The highest BCUT2D eigenvalue weighted by atomic mass is 32.1. The van der Waals surface area contributed by atoms with Gasteiger partial charge in [-0.15, -0.1) is 11.3 Å². The van der Waals surface area contributed by atoms with Crippen LogP contribution in [0.3, 0.4) is 0 Å². The predicted octanol–water partition coefficient (Wildman–Crippen LogP) is 3.86. The molecule has 0 unspecified atom stereocenters. The smallest absolute Gasteiger partial charge is 0.216 e. The average Bonchev–Trinajstić information content (AvgIpc) is 3.07. The van der Waals surface area contributed by atoms with Crippen molar-refractivity contribution < 1.29 is 0 Å². The highest BCUT2D eigenvalue weighted by Crippen LogP contribution is 2.18. The van der Waals surface area contributed by atoms with E-state index in [-0.39, 0.29) is 0 Å². The number of aromatic nitrogens is 3. The van der Waals surface area contributed by atoms with Crippen LogP contribution in [0, 0.1) is 11.7 Å². The summed E-state index contributed by atoms with van der Waals surface area (Å²) in [6, 6.07) is 12.1. The number of rotatable bonds is 3. The average molecular weight is 300 g/mol. The lowest BCUT2D eigenvalue weighted by atomic mass is 10.1. The molecule has 0 aliphatic heterocycles. The Hall–Kier alpha value is -2.05. The van der Waals surface area contributed by atoms with Gasteiger partial charge in [0.05, 0.1) is 6.21 Å². The molecule has 1 aromatic carbocycles. The van der Waals surface area contributed by atoms with Gasteiger partial charge in [0.1, 0.15) is 0 Å². The molecule has 20 heavy (non-hydrogen) atoms. The van der Waals surface area contributed by atoms with Gasteiger partial charge < -0.3 is 0 Å². The number of hydrogen-bond acceptors (Lipinski definition) is 4. The minimum atomic E-state index is 0.480. The minimum absolute atomic E-state index is 0.480. The summed E-state index contributed by atoms with van der Waals surface area (Å²) in [6.07, 6.45) is 1.79. The van der Waals surface area contributed by atoms with Crippen LogP contribution in [0.15, 0.2) is 46.9 Å². The molecule has 100 valence electrons. The topological polar surface area (TPSA) is 46.0 Å². The van der Waals surface area contributed by atoms with Crippen molar-refractivity contribution in [1.29, 1.82) is 0 Å². The van der Waals surface area contributed by atoms with E-state index in [2.05, 4.69) is 22.2 Å². The van der Waals surface area contributed by atoms with Crippen molar-refractivity contribution in [3.8, 4) is 11.4 Å². The second kappa shape index (κ2) is 5.52. The first kappa shape index (κ1) is 13.0. The van der Waals surface area contributed by atoms with Gasteiger partial charge in [0, 0.05) is 10.4 Å². The Kier molecular flexibility index (Phi) is 3.58. The van der Waals surface area contributed by atoms with Crippen LogP contribution in [0.5, 0.6) is 0 Å². The fourth-order valence-corrected chi connectivity index (χ4v) is 2.53. The fourth-order valence-electron chi connectivity index (χ4n) is 1.77. The van der Waals surface area contributed by atoms with Crippen LogP contribution >= 0.6 is 23.6 Å². The second-order valence-corrected chi connectivity index (χ2v) is 5.66. The van der Waals surface area contributed by atoms with Crippen molar-refractivity contribution in [1.82, 2.24) is 14.9 Å². The summed E-state index contributed by atoms with van der Waals surface area (Å²) in [5.41, 5.74) is 2.18. The maximum atomic E-state index is 5.23. The number of aromatic amines is 1. The second-order valence-electron chi connectivity index (χ2n) is 4.29. The summed E-state index contributed by atoms with van der Waals surface area (Å²) in [5.74, 6) is 0.711. The molecule has 0 amide bonds.